The Balaban J connectivity index is 1.24. The van der Waals surface area contributed by atoms with Crippen LogP contribution in [0.3, 0.4) is 0 Å². The van der Waals surface area contributed by atoms with Crippen molar-refractivity contribution in [2.45, 2.75) is 98.0 Å². The normalized spacial score (nSPS) is 36.8. The summed E-state index contributed by atoms with van der Waals surface area (Å²) in [5.41, 5.74) is 2.48. The minimum Gasteiger partial charge on any atom is -0.462 e. The van der Waals surface area contributed by atoms with Gasteiger partial charge in [-0.25, -0.2) is 4.39 Å². The molecular formula is C33H46FNO3. The van der Waals surface area contributed by atoms with E-state index in [0.717, 1.165) is 49.9 Å². The number of benzene rings is 1. The molecule has 4 aliphatic carbocycles. The molecule has 0 aromatic heterocycles. The first kappa shape index (κ1) is 27.4. The van der Waals surface area contributed by atoms with Crippen molar-refractivity contribution < 1.29 is 18.7 Å². The van der Waals surface area contributed by atoms with Crippen LogP contribution >= 0.6 is 0 Å². The maximum Gasteiger partial charge on any atom is 0.302 e. The first-order valence-electron chi connectivity index (χ1n) is 14.9. The minimum absolute atomic E-state index is 0.00687. The molecule has 0 bridgehead atoms. The number of para-hydroxylation sites is 1. The van der Waals surface area contributed by atoms with E-state index in [2.05, 4.69) is 26.8 Å². The van der Waals surface area contributed by atoms with E-state index < -0.39 is 0 Å². The summed E-state index contributed by atoms with van der Waals surface area (Å²) >= 11 is 0. The molecule has 0 saturated heterocycles. The van der Waals surface area contributed by atoms with Crippen LogP contribution in [0.2, 0.25) is 0 Å². The van der Waals surface area contributed by atoms with E-state index in [4.69, 9.17) is 4.74 Å². The quantitative estimate of drug-likeness (QED) is 0.283. The predicted molar refractivity (Wildman–Crippen MR) is 149 cm³/mol. The number of amides is 1. The highest BCUT2D eigenvalue weighted by molar-refractivity contribution is 5.92. The summed E-state index contributed by atoms with van der Waals surface area (Å²) < 4.78 is 19.8. The lowest BCUT2D eigenvalue weighted by molar-refractivity contribution is -0.148. The molecule has 4 aliphatic rings. The number of hydrogen-bond acceptors (Lipinski definition) is 3. The van der Waals surface area contributed by atoms with E-state index in [9.17, 15) is 14.0 Å². The maximum absolute atomic E-state index is 14.2. The Bertz CT molecular complexity index is 1100. The number of hydrogen-bond donors (Lipinski definition) is 0. The molecule has 0 aliphatic heterocycles. The van der Waals surface area contributed by atoms with Crippen molar-refractivity contribution in [2.24, 2.45) is 40.4 Å². The van der Waals surface area contributed by atoms with Gasteiger partial charge in [-0.3, -0.25) is 9.59 Å². The van der Waals surface area contributed by atoms with Crippen molar-refractivity contribution in [2.75, 3.05) is 11.9 Å². The Morgan fingerprint density at radius 2 is 1.87 bits per heavy atom. The lowest BCUT2D eigenvalue weighted by Crippen LogP contribution is -2.51. The fourth-order valence-corrected chi connectivity index (χ4v) is 9.52. The van der Waals surface area contributed by atoms with Gasteiger partial charge in [-0.1, -0.05) is 44.6 Å². The number of carbonyl (C=O) groups excluding carboxylic acids is 2. The molecule has 5 heteroatoms. The summed E-state index contributed by atoms with van der Waals surface area (Å²) in [5, 5.41) is 0. The zero-order valence-corrected chi connectivity index (χ0v) is 24.0. The molecule has 0 spiro atoms. The van der Waals surface area contributed by atoms with Gasteiger partial charge < -0.3 is 9.64 Å². The van der Waals surface area contributed by atoms with Crippen molar-refractivity contribution in [1.82, 2.24) is 0 Å². The van der Waals surface area contributed by atoms with Crippen LogP contribution in [0.1, 0.15) is 91.9 Å². The smallest absolute Gasteiger partial charge is 0.302 e. The largest absolute Gasteiger partial charge is 0.462 e. The molecule has 3 fully saturated rings. The van der Waals surface area contributed by atoms with E-state index in [0.29, 0.717) is 29.4 Å². The van der Waals surface area contributed by atoms with Crippen LogP contribution in [-0.4, -0.2) is 25.0 Å². The van der Waals surface area contributed by atoms with Crippen LogP contribution in [0.25, 0.3) is 0 Å². The summed E-state index contributed by atoms with van der Waals surface area (Å²) in [4.78, 5) is 26.0. The Labute approximate surface area is 228 Å². The van der Waals surface area contributed by atoms with Crippen molar-refractivity contribution in [3.8, 4) is 0 Å². The fraction of sp³-hybridized carbons (Fsp3) is 0.697. The van der Waals surface area contributed by atoms with Crippen LogP contribution in [0.15, 0.2) is 35.9 Å². The van der Waals surface area contributed by atoms with E-state index in [-0.39, 0.29) is 29.2 Å². The highest BCUT2D eigenvalue weighted by atomic mass is 19.1. The van der Waals surface area contributed by atoms with Gasteiger partial charge in [0.2, 0.25) is 5.91 Å². The fourth-order valence-electron chi connectivity index (χ4n) is 9.52. The number of halogens is 1. The van der Waals surface area contributed by atoms with Crippen molar-refractivity contribution in [3.63, 3.8) is 0 Å². The molecule has 5 rings (SSSR count). The van der Waals surface area contributed by atoms with Gasteiger partial charge in [-0.15, -0.1) is 0 Å². The minimum atomic E-state index is -0.349. The van der Waals surface area contributed by atoms with E-state index in [1.807, 2.05) is 0 Å². The molecule has 208 valence electrons. The van der Waals surface area contributed by atoms with Crippen molar-refractivity contribution in [3.05, 3.63) is 41.7 Å². The highest BCUT2D eigenvalue weighted by Gasteiger charge is 2.59. The first-order valence-corrected chi connectivity index (χ1v) is 14.9. The van der Waals surface area contributed by atoms with E-state index in [1.165, 1.54) is 43.6 Å². The van der Waals surface area contributed by atoms with Crippen LogP contribution in [0.4, 0.5) is 10.1 Å². The highest BCUT2D eigenvalue weighted by Crippen LogP contribution is 2.67. The predicted octanol–water partition coefficient (Wildman–Crippen LogP) is 7.72. The lowest BCUT2D eigenvalue weighted by atomic mass is 9.47. The number of carbonyl (C=O) groups is 2. The van der Waals surface area contributed by atoms with Gasteiger partial charge in [0.15, 0.2) is 0 Å². The molecule has 0 N–H and O–H groups in total. The standard InChI is InChI=1S/C33H46FNO3/c1-21(10-15-31(37)35(5)30-9-7-6-8-29(30)34)26-13-14-27-25-12-11-23-20-24(38-22(2)36)16-18-32(23,3)28(25)17-19-33(26,27)4/h6-9,11,21,24-28H,10,12-20H2,1-5H3/t21-,24+,25+,26-,27+,28+,32+,33-/m1/s1. The van der Waals surface area contributed by atoms with Gasteiger partial charge in [0.1, 0.15) is 11.9 Å². The molecule has 0 unspecified atom stereocenters. The molecule has 38 heavy (non-hydrogen) atoms. The number of ether oxygens (including phenoxy) is 1. The number of allylic oxidation sites excluding steroid dienone is 1. The van der Waals surface area contributed by atoms with Gasteiger partial charge in [-0.2, -0.15) is 0 Å². The molecule has 8 atom stereocenters. The second kappa shape index (κ2) is 10.4. The monoisotopic (exact) mass is 523 g/mol. The Kier molecular flexibility index (Phi) is 7.52. The van der Waals surface area contributed by atoms with Gasteiger partial charge in [0.05, 0.1) is 5.69 Å². The van der Waals surface area contributed by atoms with E-state index >= 15 is 0 Å². The Morgan fingerprint density at radius 3 is 2.61 bits per heavy atom. The molecule has 1 aromatic carbocycles. The average molecular weight is 524 g/mol. The second-order valence-corrected chi connectivity index (χ2v) is 13.4. The second-order valence-electron chi connectivity index (χ2n) is 13.4. The third kappa shape index (κ3) is 4.73. The first-order chi connectivity index (χ1) is 18.0. The zero-order chi connectivity index (χ0) is 27.2. The summed E-state index contributed by atoms with van der Waals surface area (Å²) in [7, 11) is 1.69. The number of nitrogens with zero attached hydrogens (tertiary/aromatic N) is 1. The molecule has 4 nitrogen and oxygen atoms in total. The SMILES string of the molecule is CC(=O)O[C@H]1CC[C@@]2(C)C(=CC[C@H]3[C@@H]4CC[C@H]([C@H](C)CCC(=O)N(C)c5ccccc5F)[C@@]4(C)CC[C@@H]32)C1. The van der Waals surface area contributed by atoms with Crippen LogP contribution in [0.5, 0.6) is 0 Å². The molecule has 0 radical (unpaired) electrons. The molecular weight excluding hydrogens is 477 g/mol. The average Bonchev–Trinajstić information content (AvgIpc) is 3.24. The van der Waals surface area contributed by atoms with Gasteiger partial charge in [0, 0.05) is 26.8 Å². The Hall–Kier alpha value is -2.17. The van der Waals surface area contributed by atoms with Crippen LogP contribution in [-0.2, 0) is 14.3 Å². The summed E-state index contributed by atoms with van der Waals surface area (Å²) in [6.07, 6.45) is 13.2. The van der Waals surface area contributed by atoms with Gasteiger partial charge >= 0.3 is 5.97 Å². The topological polar surface area (TPSA) is 46.6 Å². The van der Waals surface area contributed by atoms with E-state index in [1.54, 1.807) is 30.8 Å². The van der Waals surface area contributed by atoms with Crippen LogP contribution in [0, 0.1) is 46.2 Å². The van der Waals surface area contributed by atoms with Crippen LogP contribution < -0.4 is 4.90 Å². The van der Waals surface area contributed by atoms with Gasteiger partial charge in [0.25, 0.3) is 0 Å². The third-order valence-electron chi connectivity index (χ3n) is 11.6. The summed E-state index contributed by atoms with van der Waals surface area (Å²) in [6, 6.07) is 6.51. The van der Waals surface area contributed by atoms with Crippen molar-refractivity contribution >= 4 is 17.6 Å². The number of rotatable bonds is 6. The van der Waals surface area contributed by atoms with Gasteiger partial charge in [-0.05, 0) is 104 Å². The Morgan fingerprint density at radius 1 is 1.11 bits per heavy atom. The number of fused-ring (bicyclic) bond motifs is 5. The summed E-state index contributed by atoms with van der Waals surface area (Å²) in [6.45, 7) is 8.91. The molecule has 0 heterocycles. The third-order valence-corrected chi connectivity index (χ3v) is 11.6. The summed E-state index contributed by atoms with van der Waals surface area (Å²) in [5.74, 6) is 2.80. The number of esters is 1. The zero-order valence-electron chi connectivity index (χ0n) is 24.0. The molecule has 3 saturated carbocycles. The molecule has 1 amide bonds. The maximum atomic E-state index is 14.2. The van der Waals surface area contributed by atoms with Crippen molar-refractivity contribution in [1.29, 1.82) is 0 Å². The lowest BCUT2D eigenvalue weighted by Gasteiger charge is -2.58. The number of anilines is 1. The molecule has 1 aromatic rings.